The number of para-hydroxylation sites is 1. The Morgan fingerprint density at radius 3 is 2.22 bits per heavy atom. The number of carboxylic acids is 2. The first-order chi connectivity index (χ1) is 12.8. The second kappa shape index (κ2) is 10.2. The standard InChI is InChI=1S/C14H8ClNO3.C4H4O4/c15-11-5-4-9(7-16)13(6-11)19-12-3-1-2-10(8-17)14(12)18;5-3(6)1-2-4(7)8/h1-6,8,18H;1-2H,(H,5,6)(H,7,8)/b;2-1+. The van der Waals surface area contributed by atoms with Crippen molar-refractivity contribution in [1.82, 2.24) is 0 Å². The highest BCUT2D eigenvalue weighted by atomic mass is 35.5. The number of halogens is 1. The zero-order chi connectivity index (χ0) is 20.4. The van der Waals surface area contributed by atoms with Crippen LogP contribution < -0.4 is 4.74 Å². The molecule has 0 unspecified atom stereocenters. The molecule has 2 aromatic rings. The van der Waals surface area contributed by atoms with E-state index in [9.17, 15) is 19.5 Å². The second-order valence-electron chi connectivity index (χ2n) is 4.68. The first-order valence-corrected chi connectivity index (χ1v) is 7.44. The number of carboxylic acid groups (broad SMARTS) is 2. The Hall–Kier alpha value is -3.83. The van der Waals surface area contributed by atoms with Gasteiger partial charge >= 0.3 is 11.9 Å². The van der Waals surface area contributed by atoms with Gasteiger partial charge in [-0.25, -0.2) is 9.59 Å². The number of phenolic OH excluding ortho intramolecular Hbond substituents is 1. The number of ether oxygens (including phenoxy) is 1. The van der Waals surface area contributed by atoms with Crippen LogP contribution >= 0.6 is 11.6 Å². The van der Waals surface area contributed by atoms with Gasteiger partial charge in [0, 0.05) is 23.2 Å². The SMILES string of the molecule is N#Cc1ccc(Cl)cc1Oc1cccc(C=O)c1O.O=C(O)/C=C/C(=O)O. The summed E-state index contributed by atoms with van der Waals surface area (Å²) < 4.78 is 5.44. The van der Waals surface area contributed by atoms with E-state index in [-0.39, 0.29) is 28.4 Å². The average molecular weight is 390 g/mol. The van der Waals surface area contributed by atoms with Gasteiger partial charge in [0.05, 0.1) is 11.1 Å². The summed E-state index contributed by atoms with van der Waals surface area (Å²) in [5.41, 5.74) is 0.387. The van der Waals surface area contributed by atoms with E-state index in [2.05, 4.69) is 0 Å². The average Bonchev–Trinajstić information content (AvgIpc) is 2.62. The molecule has 3 N–H and O–H groups in total. The van der Waals surface area contributed by atoms with E-state index >= 15 is 0 Å². The first-order valence-electron chi connectivity index (χ1n) is 7.07. The molecule has 2 rings (SSSR count). The molecule has 0 amide bonds. The van der Waals surface area contributed by atoms with Crippen molar-refractivity contribution in [3.8, 4) is 23.3 Å². The molecule has 138 valence electrons. The van der Waals surface area contributed by atoms with Gasteiger partial charge in [0.2, 0.25) is 0 Å². The summed E-state index contributed by atoms with van der Waals surface area (Å²) in [6.45, 7) is 0. The minimum absolute atomic E-state index is 0.0865. The Labute approximate surface area is 158 Å². The molecular formula is C18H12ClNO7. The van der Waals surface area contributed by atoms with E-state index in [1.807, 2.05) is 6.07 Å². The highest BCUT2D eigenvalue weighted by Gasteiger charge is 2.11. The predicted molar refractivity (Wildman–Crippen MR) is 94.1 cm³/mol. The smallest absolute Gasteiger partial charge is 0.328 e. The number of carbonyl (C=O) groups excluding carboxylic acids is 1. The molecule has 0 aliphatic carbocycles. The van der Waals surface area contributed by atoms with Gasteiger partial charge in [0.1, 0.15) is 11.8 Å². The van der Waals surface area contributed by atoms with Crippen LogP contribution in [0, 0.1) is 11.3 Å². The van der Waals surface area contributed by atoms with Gasteiger partial charge in [0.15, 0.2) is 17.8 Å². The van der Waals surface area contributed by atoms with E-state index in [0.29, 0.717) is 23.5 Å². The molecule has 0 heterocycles. The Kier molecular flexibility index (Phi) is 8.03. The number of phenols is 1. The Morgan fingerprint density at radius 1 is 1.07 bits per heavy atom. The minimum atomic E-state index is -1.26. The van der Waals surface area contributed by atoms with E-state index < -0.39 is 11.9 Å². The molecule has 0 spiro atoms. The van der Waals surface area contributed by atoms with Crippen molar-refractivity contribution in [3.63, 3.8) is 0 Å². The normalized spacial score (nSPS) is 9.63. The van der Waals surface area contributed by atoms with Gasteiger partial charge < -0.3 is 20.1 Å². The summed E-state index contributed by atoms with van der Waals surface area (Å²) in [6, 6.07) is 11.0. The summed E-state index contributed by atoms with van der Waals surface area (Å²) in [4.78, 5) is 29.8. The zero-order valence-corrected chi connectivity index (χ0v) is 14.3. The van der Waals surface area contributed by atoms with Crippen molar-refractivity contribution < 1.29 is 34.4 Å². The van der Waals surface area contributed by atoms with Gasteiger partial charge in [-0.3, -0.25) is 4.79 Å². The molecule has 0 saturated heterocycles. The number of aldehydes is 1. The Balaban J connectivity index is 0.000000387. The van der Waals surface area contributed by atoms with Gasteiger partial charge in [-0.15, -0.1) is 0 Å². The first kappa shape index (κ1) is 21.2. The lowest BCUT2D eigenvalue weighted by Crippen LogP contribution is -1.91. The number of benzene rings is 2. The van der Waals surface area contributed by atoms with Crippen molar-refractivity contribution in [3.05, 3.63) is 64.7 Å². The molecule has 0 bridgehead atoms. The van der Waals surface area contributed by atoms with E-state index in [4.69, 9.17) is 31.8 Å². The molecule has 0 atom stereocenters. The third-order valence-electron chi connectivity index (χ3n) is 2.81. The fraction of sp³-hybridized carbons (Fsp3) is 0. The number of carbonyl (C=O) groups is 3. The molecule has 8 nitrogen and oxygen atoms in total. The lowest BCUT2D eigenvalue weighted by molar-refractivity contribution is -0.134. The molecule has 0 fully saturated rings. The monoisotopic (exact) mass is 389 g/mol. The number of hydrogen-bond acceptors (Lipinski definition) is 6. The third kappa shape index (κ3) is 6.89. The topological polar surface area (TPSA) is 145 Å². The highest BCUT2D eigenvalue weighted by molar-refractivity contribution is 6.30. The Morgan fingerprint density at radius 2 is 1.70 bits per heavy atom. The zero-order valence-electron chi connectivity index (χ0n) is 13.5. The maximum Gasteiger partial charge on any atom is 0.328 e. The fourth-order valence-corrected chi connectivity index (χ4v) is 1.81. The van der Waals surface area contributed by atoms with Gasteiger partial charge in [-0.05, 0) is 24.3 Å². The lowest BCUT2D eigenvalue weighted by atomic mass is 10.2. The number of aliphatic carboxylic acids is 2. The van der Waals surface area contributed by atoms with Gasteiger partial charge in [0.25, 0.3) is 0 Å². The third-order valence-corrected chi connectivity index (χ3v) is 3.04. The number of rotatable bonds is 5. The van der Waals surface area contributed by atoms with Crippen LogP contribution in [0.25, 0.3) is 0 Å². The molecular weight excluding hydrogens is 378 g/mol. The molecule has 0 aliphatic heterocycles. The maximum atomic E-state index is 10.7. The fourth-order valence-electron chi connectivity index (χ4n) is 1.65. The molecule has 27 heavy (non-hydrogen) atoms. The second-order valence-corrected chi connectivity index (χ2v) is 5.11. The molecule has 0 saturated carbocycles. The van der Waals surface area contributed by atoms with Crippen LogP contribution in [-0.2, 0) is 9.59 Å². The summed E-state index contributed by atoms with van der Waals surface area (Å²) in [6.07, 6.45) is 1.63. The summed E-state index contributed by atoms with van der Waals surface area (Å²) in [5, 5.41) is 34.8. The minimum Gasteiger partial charge on any atom is -0.504 e. The van der Waals surface area contributed by atoms with Gasteiger partial charge in [-0.1, -0.05) is 17.7 Å². The Bertz CT molecular complexity index is 916. The van der Waals surface area contributed by atoms with Gasteiger partial charge in [-0.2, -0.15) is 5.26 Å². The van der Waals surface area contributed by atoms with E-state index in [1.54, 1.807) is 12.1 Å². The van der Waals surface area contributed by atoms with Crippen molar-refractivity contribution in [1.29, 1.82) is 5.26 Å². The van der Waals surface area contributed by atoms with Crippen LogP contribution in [0.2, 0.25) is 5.02 Å². The van der Waals surface area contributed by atoms with Crippen LogP contribution in [-0.4, -0.2) is 33.5 Å². The van der Waals surface area contributed by atoms with E-state index in [1.165, 1.54) is 24.3 Å². The van der Waals surface area contributed by atoms with Crippen molar-refractivity contribution in [2.75, 3.05) is 0 Å². The summed E-state index contributed by atoms with van der Waals surface area (Å²) in [7, 11) is 0. The number of nitrogens with zero attached hydrogens (tertiary/aromatic N) is 1. The number of hydrogen-bond donors (Lipinski definition) is 3. The molecule has 0 aromatic heterocycles. The largest absolute Gasteiger partial charge is 0.504 e. The van der Waals surface area contributed by atoms with Crippen molar-refractivity contribution in [2.45, 2.75) is 0 Å². The van der Waals surface area contributed by atoms with Crippen LogP contribution in [0.15, 0.2) is 48.6 Å². The number of nitriles is 1. The van der Waals surface area contributed by atoms with Crippen LogP contribution in [0.1, 0.15) is 15.9 Å². The molecule has 9 heteroatoms. The quantitative estimate of drug-likeness (QED) is 0.522. The highest BCUT2D eigenvalue weighted by Crippen LogP contribution is 2.35. The maximum absolute atomic E-state index is 10.7. The summed E-state index contributed by atoms with van der Waals surface area (Å²) in [5.74, 6) is -2.49. The molecule has 2 aromatic carbocycles. The van der Waals surface area contributed by atoms with Crippen LogP contribution in [0.4, 0.5) is 0 Å². The number of aromatic hydroxyl groups is 1. The van der Waals surface area contributed by atoms with E-state index in [0.717, 1.165) is 0 Å². The van der Waals surface area contributed by atoms with Crippen LogP contribution in [0.3, 0.4) is 0 Å². The van der Waals surface area contributed by atoms with Crippen molar-refractivity contribution in [2.24, 2.45) is 0 Å². The van der Waals surface area contributed by atoms with Crippen molar-refractivity contribution >= 4 is 29.8 Å². The summed E-state index contributed by atoms with van der Waals surface area (Å²) >= 11 is 5.83. The predicted octanol–water partition coefficient (Wildman–Crippen LogP) is 3.23. The van der Waals surface area contributed by atoms with Crippen LogP contribution in [0.5, 0.6) is 17.2 Å². The lowest BCUT2D eigenvalue weighted by Gasteiger charge is -2.10. The molecule has 0 radical (unpaired) electrons. The molecule has 0 aliphatic rings.